The summed E-state index contributed by atoms with van der Waals surface area (Å²) in [4.78, 5) is 1.15. The molecule has 0 bridgehead atoms. The maximum atomic E-state index is 5.64. The van der Waals surface area contributed by atoms with Crippen molar-refractivity contribution in [3.05, 3.63) is 64.6 Å². The van der Waals surface area contributed by atoms with E-state index in [9.17, 15) is 0 Å². The first kappa shape index (κ1) is 17.2. The molecule has 0 atom stereocenters. The first-order valence-electron chi connectivity index (χ1n) is 7.66. The van der Waals surface area contributed by atoms with Gasteiger partial charge in [0.25, 0.3) is 0 Å². The Bertz CT molecular complexity index is 703. The first-order chi connectivity index (χ1) is 11.0. The number of thiophene rings is 1. The first-order valence-corrected chi connectivity index (χ1v) is 8.54. The molecule has 0 saturated heterocycles. The lowest BCUT2D eigenvalue weighted by molar-refractivity contribution is 0.337. The van der Waals surface area contributed by atoms with Crippen LogP contribution in [0.1, 0.15) is 29.9 Å². The number of benzene rings is 1. The van der Waals surface area contributed by atoms with Crippen LogP contribution in [-0.2, 0) is 6.54 Å². The lowest BCUT2D eigenvalue weighted by Crippen LogP contribution is -2.18. The quantitative estimate of drug-likeness (QED) is 0.702. The van der Waals surface area contributed by atoms with Crippen LogP contribution in [0.3, 0.4) is 0 Å². The van der Waals surface area contributed by atoms with Gasteiger partial charge in [0.15, 0.2) is 0 Å². The van der Waals surface area contributed by atoms with Gasteiger partial charge in [-0.2, -0.15) is 0 Å². The lowest BCUT2D eigenvalue weighted by atomic mass is 10.1. The number of anilines is 1. The van der Waals surface area contributed by atoms with Gasteiger partial charge in [0, 0.05) is 6.54 Å². The molecule has 122 valence electrons. The van der Waals surface area contributed by atoms with Crippen LogP contribution in [0.2, 0.25) is 0 Å². The minimum absolute atomic E-state index is 0.674. The molecule has 0 aliphatic heterocycles. The van der Waals surface area contributed by atoms with Crippen molar-refractivity contribution in [3.8, 4) is 5.75 Å². The van der Waals surface area contributed by atoms with E-state index in [4.69, 9.17) is 4.74 Å². The molecule has 2 rings (SSSR count). The van der Waals surface area contributed by atoms with Crippen LogP contribution in [0.25, 0.3) is 5.57 Å². The molecule has 0 aliphatic carbocycles. The fraction of sp³-hybridized carbons (Fsp3) is 0.263. The van der Waals surface area contributed by atoms with E-state index in [2.05, 4.69) is 48.9 Å². The minimum atomic E-state index is 0.674. The fourth-order valence-corrected chi connectivity index (χ4v) is 3.01. The molecule has 1 heterocycles. The Morgan fingerprint density at radius 3 is 2.74 bits per heavy atom. The van der Waals surface area contributed by atoms with Crippen LogP contribution in [0, 0.1) is 6.92 Å². The average Bonchev–Trinajstić information content (AvgIpc) is 2.96. The molecule has 2 N–H and O–H groups in total. The topological polar surface area (TPSA) is 33.3 Å². The van der Waals surface area contributed by atoms with E-state index in [1.165, 1.54) is 0 Å². The molecular formula is C19H24N2OS. The molecule has 2 aromatic rings. The molecule has 4 heteroatoms. The van der Waals surface area contributed by atoms with Crippen LogP contribution in [0.15, 0.2) is 48.6 Å². The smallest absolute Gasteiger partial charge is 0.122 e. The molecule has 0 unspecified atom stereocenters. The molecule has 1 aromatic carbocycles. The van der Waals surface area contributed by atoms with E-state index in [1.807, 2.05) is 25.3 Å². The maximum Gasteiger partial charge on any atom is 0.122 e. The highest BCUT2D eigenvalue weighted by molar-refractivity contribution is 7.11. The number of aryl methyl sites for hydroxylation is 1. The summed E-state index contributed by atoms with van der Waals surface area (Å²) in [6, 6.07) is 8.29. The SMILES string of the molecule is C=C(NCc1ccc(C)c(OCC)c1)Nc1ccsc1C(=C)C. The normalized spacial score (nSPS) is 10.2. The summed E-state index contributed by atoms with van der Waals surface area (Å²) in [5.41, 5.74) is 4.40. The van der Waals surface area contributed by atoms with Gasteiger partial charge in [-0.25, -0.2) is 0 Å². The van der Waals surface area contributed by atoms with Crippen LogP contribution < -0.4 is 15.4 Å². The Morgan fingerprint density at radius 2 is 2.04 bits per heavy atom. The molecule has 0 amide bonds. The summed E-state index contributed by atoms with van der Waals surface area (Å²) in [7, 11) is 0. The number of rotatable bonds is 8. The molecular weight excluding hydrogens is 304 g/mol. The highest BCUT2D eigenvalue weighted by Crippen LogP contribution is 2.29. The third kappa shape index (κ3) is 4.63. The zero-order chi connectivity index (χ0) is 16.8. The van der Waals surface area contributed by atoms with Crippen molar-refractivity contribution >= 4 is 22.6 Å². The maximum absolute atomic E-state index is 5.64. The Morgan fingerprint density at radius 1 is 1.26 bits per heavy atom. The molecule has 3 nitrogen and oxygen atoms in total. The molecule has 1 aromatic heterocycles. The Hall–Kier alpha value is -2.20. The zero-order valence-electron chi connectivity index (χ0n) is 14.0. The van der Waals surface area contributed by atoms with Crippen LogP contribution in [0.4, 0.5) is 5.69 Å². The minimum Gasteiger partial charge on any atom is -0.494 e. The summed E-state index contributed by atoms with van der Waals surface area (Å²) in [6.45, 7) is 15.5. The van der Waals surface area contributed by atoms with E-state index in [0.717, 1.165) is 38.8 Å². The van der Waals surface area contributed by atoms with Crippen LogP contribution in [-0.4, -0.2) is 6.61 Å². The van der Waals surface area contributed by atoms with Gasteiger partial charge in [-0.3, -0.25) is 0 Å². The predicted octanol–water partition coefficient (Wildman–Crippen LogP) is 5.16. The van der Waals surface area contributed by atoms with Gasteiger partial charge in [-0.15, -0.1) is 11.3 Å². The van der Waals surface area contributed by atoms with Gasteiger partial charge in [0.2, 0.25) is 0 Å². The van der Waals surface area contributed by atoms with Crippen molar-refractivity contribution < 1.29 is 4.74 Å². The van der Waals surface area contributed by atoms with Gasteiger partial charge in [-0.05, 0) is 55.0 Å². The van der Waals surface area contributed by atoms with Crippen molar-refractivity contribution in [2.45, 2.75) is 27.3 Å². The number of nitrogens with one attached hydrogen (secondary N) is 2. The van der Waals surface area contributed by atoms with Gasteiger partial charge < -0.3 is 15.4 Å². The number of hydrogen-bond acceptors (Lipinski definition) is 4. The van der Waals surface area contributed by atoms with Crippen molar-refractivity contribution in [1.82, 2.24) is 5.32 Å². The van der Waals surface area contributed by atoms with Crippen molar-refractivity contribution in [3.63, 3.8) is 0 Å². The number of hydrogen-bond donors (Lipinski definition) is 2. The van der Waals surface area contributed by atoms with E-state index < -0.39 is 0 Å². The third-order valence-corrected chi connectivity index (χ3v) is 4.47. The lowest BCUT2D eigenvalue weighted by Gasteiger charge is -2.14. The van der Waals surface area contributed by atoms with Gasteiger partial charge in [-0.1, -0.05) is 25.3 Å². The average molecular weight is 328 g/mol. The number of ether oxygens (including phenoxy) is 1. The fourth-order valence-electron chi connectivity index (χ4n) is 2.22. The molecule has 0 spiro atoms. The Kier molecular flexibility index (Phi) is 5.88. The highest BCUT2D eigenvalue weighted by atomic mass is 32.1. The van der Waals surface area contributed by atoms with Gasteiger partial charge in [0.1, 0.15) is 5.75 Å². The monoisotopic (exact) mass is 328 g/mol. The predicted molar refractivity (Wildman–Crippen MR) is 101 cm³/mol. The largest absolute Gasteiger partial charge is 0.494 e. The third-order valence-electron chi connectivity index (χ3n) is 3.40. The second-order valence-electron chi connectivity index (χ2n) is 5.43. The van der Waals surface area contributed by atoms with Crippen molar-refractivity contribution in [1.29, 1.82) is 0 Å². The van der Waals surface area contributed by atoms with Crippen LogP contribution in [0.5, 0.6) is 5.75 Å². The Balaban J connectivity index is 1.95. The summed E-state index contributed by atoms with van der Waals surface area (Å²) < 4.78 is 5.64. The number of allylic oxidation sites excluding steroid dienone is 1. The standard InChI is InChI=1S/C19H24N2OS/c1-6-22-18-11-16(8-7-14(18)4)12-20-15(5)21-17-9-10-23-19(17)13(2)3/h7-11,20-21H,2,5-6,12H2,1,3-4H3. The highest BCUT2D eigenvalue weighted by Gasteiger charge is 2.06. The van der Waals surface area contributed by atoms with Crippen molar-refractivity contribution in [2.75, 3.05) is 11.9 Å². The second-order valence-corrected chi connectivity index (χ2v) is 6.35. The van der Waals surface area contributed by atoms with E-state index in [-0.39, 0.29) is 0 Å². The summed E-state index contributed by atoms with van der Waals surface area (Å²) in [6.07, 6.45) is 0. The van der Waals surface area contributed by atoms with Crippen molar-refractivity contribution in [2.24, 2.45) is 0 Å². The van der Waals surface area contributed by atoms with Gasteiger partial charge >= 0.3 is 0 Å². The summed E-state index contributed by atoms with van der Waals surface area (Å²) in [5.74, 6) is 1.71. The summed E-state index contributed by atoms with van der Waals surface area (Å²) in [5, 5.41) is 8.66. The molecule has 0 radical (unpaired) electrons. The van der Waals surface area contributed by atoms with Gasteiger partial charge in [0.05, 0.1) is 23.0 Å². The Labute approximate surface area is 142 Å². The zero-order valence-corrected chi connectivity index (χ0v) is 14.8. The second kappa shape index (κ2) is 7.88. The van der Waals surface area contributed by atoms with Crippen LogP contribution >= 0.6 is 11.3 Å². The van der Waals surface area contributed by atoms with E-state index in [0.29, 0.717) is 13.2 Å². The van der Waals surface area contributed by atoms with E-state index in [1.54, 1.807) is 11.3 Å². The van der Waals surface area contributed by atoms with E-state index >= 15 is 0 Å². The molecule has 0 saturated carbocycles. The molecule has 0 fully saturated rings. The summed E-state index contributed by atoms with van der Waals surface area (Å²) >= 11 is 1.68. The molecule has 23 heavy (non-hydrogen) atoms. The molecule has 0 aliphatic rings.